The summed E-state index contributed by atoms with van der Waals surface area (Å²) in [5.41, 5.74) is -0.175. The molecule has 0 aromatic heterocycles. The molecule has 0 aliphatic carbocycles. The largest absolute Gasteiger partial charge is 0.508 e. The van der Waals surface area contributed by atoms with E-state index in [0.29, 0.717) is 0 Å². The number of sulfone groups is 2. The minimum atomic E-state index is -4.24. The van der Waals surface area contributed by atoms with Crippen molar-refractivity contribution in [3.8, 4) is 11.5 Å². The van der Waals surface area contributed by atoms with Crippen molar-refractivity contribution >= 4 is 89.6 Å². The van der Waals surface area contributed by atoms with Gasteiger partial charge in [-0.1, -0.05) is 46.4 Å². The molecule has 4 N–H and O–H groups in total. The average Bonchev–Trinajstić information content (AvgIpc) is 2.72. The molecule has 0 radical (unpaired) electrons. The molecule has 37 heavy (non-hydrogen) atoms. The number of carbonyl (C=O) groups is 2. The Labute approximate surface area is 231 Å². The number of hydrogen-bond donors (Lipinski definition) is 4. The summed E-state index contributed by atoms with van der Waals surface area (Å²) in [5.74, 6) is -2.15. The molecule has 2 amide bonds. The Hall–Kier alpha value is -2.36. The topological polar surface area (TPSA) is 185 Å². The van der Waals surface area contributed by atoms with Gasteiger partial charge in [0.25, 0.3) is 0 Å². The molecule has 0 aliphatic heterocycles. The lowest BCUT2D eigenvalue weighted by Gasteiger charge is -2.11. The fourth-order valence-corrected chi connectivity index (χ4v) is 7.49. The Bertz CT molecular complexity index is 1250. The maximum absolute atomic E-state index is 12.1. The first-order valence-corrected chi connectivity index (χ1v) is 14.9. The van der Waals surface area contributed by atoms with Gasteiger partial charge in [0.2, 0.25) is 0 Å². The third kappa shape index (κ3) is 10.1. The van der Waals surface area contributed by atoms with Gasteiger partial charge in [-0.25, -0.2) is 26.4 Å². The summed E-state index contributed by atoms with van der Waals surface area (Å²) < 4.78 is 58.0. The van der Waals surface area contributed by atoms with Crippen LogP contribution in [0.15, 0.2) is 24.3 Å². The van der Waals surface area contributed by atoms with Crippen molar-refractivity contribution in [2.24, 2.45) is 0 Å². The van der Waals surface area contributed by atoms with Gasteiger partial charge in [-0.2, -0.15) is 0 Å². The highest BCUT2D eigenvalue weighted by atomic mass is 35.5. The van der Waals surface area contributed by atoms with E-state index < -0.39 is 61.7 Å². The van der Waals surface area contributed by atoms with E-state index in [2.05, 4.69) is 10.6 Å². The van der Waals surface area contributed by atoms with Crippen LogP contribution in [0, 0.1) is 0 Å². The highest BCUT2D eigenvalue weighted by molar-refractivity contribution is 8.08. The Morgan fingerprint density at radius 1 is 0.676 bits per heavy atom. The Kier molecular flexibility index (Phi) is 10.8. The molecule has 0 atom stereocenters. The standard InChI is InChI=1S/C19H18Cl4N2O10S2/c20-12-5-10(26)6-13(21)16(12)24-18(28)34-1-3-36(30,31)9-37(32,33)4-2-35-19(29)25-17-14(22)7-11(27)8-15(17)23/h5-8,26-27H,1-4,9H2,(H,24,28)(H,25,29). The van der Waals surface area contributed by atoms with Crippen LogP contribution in [-0.2, 0) is 29.1 Å². The Morgan fingerprint density at radius 2 is 0.973 bits per heavy atom. The van der Waals surface area contributed by atoms with Crippen LogP contribution in [0.4, 0.5) is 21.0 Å². The minimum absolute atomic E-state index is 0.0874. The number of phenols is 2. The number of ether oxygens (including phenoxy) is 2. The molecule has 18 heteroatoms. The molecule has 0 saturated heterocycles. The van der Waals surface area contributed by atoms with Crippen LogP contribution in [0.3, 0.4) is 0 Å². The summed E-state index contributed by atoms with van der Waals surface area (Å²) in [4.78, 5) is 23.7. The molecule has 0 bridgehead atoms. The predicted octanol–water partition coefficient (Wildman–Crippen LogP) is 4.30. The molecule has 0 heterocycles. The van der Waals surface area contributed by atoms with E-state index in [1.54, 1.807) is 0 Å². The van der Waals surface area contributed by atoms with E-state index in [0.717, 1.165) is 24.3 Å². The van der Waals surface area contributed by atoms with E-state index in [1.165, 1.54) is 0 Å². The quantitative estimate of drug-likeness (QED) is 0.273. The van der Waals surface area contributed by atoms with Gasteiger partial charge in [0.05, 0.1) is 43.0 Å². The highest BCUT2D eigenvalue weighted by Crippen LogP contribution is 2.35. The average molecular weight is 640 g/mol. The summed E-state index contributed by atoms with van der Waals surface area (Å²) in [6.07, 6.45) is -2.25. The van der Waals surface area contributed by atoms with Gasteiger partial charge in [-0.05, 0) is 0 Å². The van der Waals surface area contributed by atoms with E-state index >= 15 is 0 Å². The number of amides is 2. The van der Waals surface area contributed by atoms with Crippen molar-refractivity contribution in [3.63, 3.8) is 0 Å². The third-order valence-corrected chi connectivity index (χ3v) is 9.76. The predicted molar refractivity (Wildman–Crippen MR) is 139 cm³/mol. The SMILES string of the molecule is O=C(Nc1c(Cl)cc(O)cc1Cl)OCCS(=O)(=O)CS(=O)(=O)CCOC(=O)Nc1c(Cl)cc(O)cc1Cl. The molecule has 204 valence electrons. The molecule has 0 fully saturated rings. The monoisotopic (exact) mass is 638 g/mol. The van der Waals surface area contributed by atoms with E-state index in [-0.39, 0.29) is 43.0 Å². The zero-order valence-corrected chi connectivity index (χ0v) is 23.0. The first kappa shape index (κ1) is 30.9. The van der Waals surface area contributed by atoms with Gasteiger partial charge in [-0.3, -0.25) is 10.6 Å². The van der Waals surface area contributed by atoms with E-state index in [1.807, 2.05) is 0 Å². The summed E-state index contributed by atoms with van der Waals surface area (Å²) in [6.45, 7) is -1.38. The van der Waals surface area contributed by atoms with Crippen molar-refractivity contribution in [3.05, 3.63) is 44.4 Å². The summed E-state index contributed by atoms with van der Waals surface area (Å²) >= 11 is 23.4. The number of rotatable bonds is 10. The summed E-state index contributed by atoms with van der Waals surface area (Å²) in [7, 11) is -8.47. The number of benzene rings is 2. The van der Waals surface area contributed by atoms with Gasteiger partial charge in [0.1, 0.15) is 24.7 Å². The second-order valence-corrected chi connectivity index (χ2v) is 13.5. The van der Waals surface area contributed by atoms with Crippen molar-refractivity contribution in [2.75, 3.05) is 40.4 Å². The summed E-state index contributed by atoms with van der Waals surface area (Å²) in [6, 6.07) is 4.40. The molecular formula is C19H18Cl4N2O10S2. The van der Waals surface area contributed by atoms with Crippen LogP contribution >= 0.6 is 46.4 Å². The lowest BCUT2D eigenvalue weighted by molar-refractivity contribution is 0.167. The van der Waals surface area contributed by atoms with Crippen molar-refractivity contribution in [1.29, 1.82) is 0 Å². The van der Waals surface area contributed by atoms with Crippen molar-refractivity contribution < 1.29 is 46.1 Å². The fraction of sp³-hybridized carbons (Fsp3) is 0.263. The molecule has 0 unspecified atom stereocenters. The number of halogens is 4. The zero-order chi connectivity index (χ0) is 28.0. The molecule has 0 saturated carbocycles. The van der Waals surface area contributed by atoms with Crippen LogP contribution in [0.1, 0.15) is 0 Å². The van der Waals surface area contributed by atoms with E-state index in [4.69, 9.17) is 55.9 Å². The van der Waals surface area contributed by atoms with Crippen molar-refractivity contribution in [1.82, 2.24) is 0 Å². The van der Waals surface area contributed by atoms with Gasteiger partial charge in [0, 0.05) is 24.3 Å². The first-order valence-electron chi connectivity index (χ1n) is 9.73. The van der Waals surface area contributed by atoms with Gasteiger partial charge < -0.3 is 19.7 Å². The minimum Gasteiger partial charge on any atom is -0.508 e. The number of anilines is 2. The molecule has 2 rings (SSSR count). The maximum atomic E-state index is 12.1. The van der Waals surface area contributed by atoms with Crippen LogP contribution < -0.4 is 10.6 Å². The molecular weight excluding hydrogens is 622 g/mol. The number of hydrogen-bond acceptors (Lipinski definition) is 10. The van der Waals surface area contributed by atoms with Gasteiger partial charge >= 0.3 is 12.2 Å². The molecule has 0 spiro atoms. The number of aromatic hydroxyl groups is 2. The molecule has 2 aromatic carbocycles. The van der Waals surface area contributed by atoms with Crippen molar-refractivity contribution in [2.45, 2.75) is 0 Å². The third-order valence-electron chi connectivity index (χ3n) is 4.12. The lowest BCUT2D eigenvalue weighted by atomic mass is 10.3. The smallest absolute Gasteiger partial charge is 0.411 e. The second kappa shape index (κ2) is 12.9. The second-order valence-electron chi connectivity index (χ2n) is 7.10. The maximum Gasteiger partial charge on any atom is 0.411 e. The van der Waals surface area contributed by atoms with Crippen LogP contribution in [-0.4, -0.2) is 69.0 Å². The number of carbonyl (C=O) groups excluding carboxylic acids is 2. The highest BCUT2D eigenvalue weighted by Gasteiger charge is 2.24. The lowest BCUT2D eigenvalue weighted by Crippen LogP contribution is -2.27. The van der Waals surface area contributed by atoms with Crippen LogP contribution in [0.2, 0.25) is 20.1 Å². The van der Waals surface area contributed by atoms with Crippen LogP contribution in [0.5, 0.6) is 11.5 Å². The Morgan fingerprint density at radius 3 is 1.27 bits per heavy atom. The summed E-state index contributed by atoms with van der Waals surface area (Å²) in [5, 5.41) is 21.4. The first-order chi connectivity index (χ1) is 17.1. The fourth-order valence-electron chi connectivity index (χ4n) is 2.55. The van der Waals surface area contributed by atoms with Gasteiger partial charge in [0.15, 0.2) is 24.8 Å². The van der Waals surface area contributed by atoms with Crippen LogP contribution in [0.25, 0.3) is 0 Å². The number of nitrogens with one attached hydrogen (secondary N) is 2. The molecule has 12 nitrogen and oxygen atoms in total. The van der Waals surface area contributed by atoms with Gasteiger partial charge in [-0.15, -0.1) is 0 Å². The number of phenolic OH excluding ortho intramolecular Hbond substituents is 2. The zero-order valence-electron chi connectivity index (χ0n) is 18.3. The Balaban J connectivity index is 1.80. The normalized spacial score (nSPS) is 11.6. The molecule has 2 aromatic rings. The molecule has 0 aliphatic rings. The van der Waals surface area contributed by atoms with E-state index in [9.17, 15) is 36.6 Å².